The van der Waals surface area contributed by atoms with Crippen molar-refractivity contribution in [3.05, 3.63) is 63.7 Å². The van der Waals surface area contributed by atoms with Gasteiger partial charge < -0.3 is 9.73 Å². The second-order valence-corrected chi connectivity index (χ2v) is 8.97. The number of benzene rings is 1. The first-order valence-corrected chi connectivity index (χ1v) is 11.0. The molecule has 3 aromatic rings. The highest BCUT2D eigenvalue weighted by Crippen LogP contribution is 2.27. The normalized spacial score (nSPS) is 14.3. The van der Waals surface area contributed by atoms with Gasteiger partial charge in [0, 0.05) is 5.38 Å². The molecule has 3 heterocycles. The lowest BCUT2D eigenvalue weighted by molar-refractivity contribution is -0.125. The first-order chi connectivity index (χ1) is 14.8. The Hall–Kier alpha value is -3.26. The summed E-state index contributed by atoms with van der Waals surface area (Å²) < 4.78 is 5.79. The van der Waals surface area contributed by atoms with Crippen LogP contribution in [-0.4, -0.2) is 33.6 Å². The van der Waals surface area contributed by atoms with Crippen molar-refractivity contribution in [3.63, 3.8) is 0 Å². The second-order valence-electron chi connectivity index (χ2n) is 7.91. The zero-order valence-corrected chi connectivity index (χ0v) is 18.4. The van der Waals surface area contributed by atoms with E-state index < -0.39 is 17.9 Å². The van der Waals surface area contributed by atoms with E-state index in [0.29, 0.717) is 29.1 Å². The first kappa shape index (κ1) is 21.0. The molecule has 0 radical (unpaired) electrons. The van der Waals surface area contributed by atoms with Crippen molar-refractivity contribution < 1.29 is 18.8 Å². The Morgan fingerprint density at radius 2 is 1.81 bits per heavy atom. The third-order valence-electron chi connectivity index (χ3n) is 5.10. The van der Waals surface area contributed by atoms with Crippen LogP contribution in [0.2, 0.25) is 0 Å². The number of aryl methyl sites for hydroxylation is 1. The molecule has 1 atom stereocenters. The number of carbonyl (C=O) groups is 3. The zero-order valence-electron chi connectivity index (χ0n) is 17.5. The average Bonchev–Trinajstić information content (AvgIpc) is 3.44. The van der Waals surface area contributed by atoms with Crippen LogP contribution in [0.5, 0.6) is 0 Å². The summed E-state index contributed by atoms with van der Waals surface area (Å²) in [5.74, 6) is 0.0716. The summed E-state index contributed by atoms with van der Waals surface area (Å²) in [7, 11) is 0. The highest BCUT2D eigenvalue weighted by atomic mass is 32.1. The number of nitrogens with one attached hydrogen (secondary N) is 1. The van der Waals surface area contributed by atoms with Gasteiger partial charge in [-0.05, 0) is 43.5 Å². The van der Waals surface area contributed by atoms with Gasteiger partial charge in [0.25, 0.3) is 11.8 Å². The quantitative estimate of drug-likeness (QED) is 0.563. The standard InChI is InChI=1S/C23H23N3O4S/c1-13(2)10-19(26-22(28)16-6-4-5-7-17(16)23(26)29)21(27)24-11-15-8-9-20(30-15)18-12-31-14(3)25-18/h4-9,12-13,19H,10-11H2,1-3H3,(H,24,27). The summed E-state index contributed by atoms with van der Waals surface area (Å²) in [6, 6.07) is 9.36. The Morgan fingerprint density at radius 3 is 2.39 bits per heavy atom. The Balaban J connectivity index is 1.49. The Morgan fingerprint density at radius 1 is 1.13 bits per heavy atom. The number of furan rings is 1. The summed E-state index contributed by atoms with van der Waals surface area (Å²) in [6.45, 7) is 5.98. The largest absolute Gasteiger partial charge is 0.458 e. The number of nitrogens with zero attached hydrogens (tertiary/aromatic N) is 2. The molecule has 7 nitrogen and oxygen atoms in total. The van der Waals surface area contributed by atoms with Gasteiger partial charge in [-0.15, -0.1) is 11.3 Å². The molecule has 0 fully saturated rings. The van der Waals surface area contributed by atoms with Gasteiger partial charge in [0.1, 0.15) is 17.5 Å². The Kier molecular flexibility index (Phi) is 5.73. The van der Waals surface area contributed by atoms with Gasteiger partial charge >= 0.3 is 0 Å². The number of amides is 3. The molecule has 0 saturated carbocycles. The number of carbonyl (C=O) groups excluding carboxylic acids is 3. The maximum Gasteiger partial charge on any atom is 0.262 e. The molecule has 1 N–H and O–H groups in total. The van der Waals surface area contributed by atoms with Crippen molar-refractivity contribution in [1.29, 1.82) is 0 Å². The van der Waals surface area contributed by atoms with Crippen molar-refractivity contribution in [1.82, 2.24) is 15.2 Å². The van der Waals surface area contributed by atoms with Crippen LogP contribution in [0.25, 0.3) is 11.5 Å². The number of rotatable bonds is 7. The minimum Gasteiger partial charge on any atom is -0.458 e. The molecule has 0 spiro atoms. The molecular weight excluding hydrogens is 414 g/mol. The van der Waals surface area contributed by atoms with Gasteiger partial charge in [0.2, 0.25) is 5.91 Å². The zero-order chi connectivity index (χ0) is 22.1. The monoisotopic (exact) mass is 437 g/mol. The summed E-state index contributed by atoms with van der Waals surface area (Å²) >= 11 is 1.54. The lowest BCUT2D eigenvalue weighted by atomic mass is 10.0. The van der Waals surface area contributed by atoms with Gasteiger partial charge in [-0.1, -0.05) is 26.0 Å². The highest BCUT2D eigenvalue weighted by Gasteiger charge is 2.42. The number of hydrogen-bond donors (Lipinski definition) is 1. The molecule has 3 amide bonds. The molecule has 4 rings (SSSR count). The molecule has 160 valence electrons. The number of fused-ring (bicyclic) bond motifs is 1. The molecule has 0 aliphatic carbocycles. The van der Waals surface area contributed by atoms with Crippen LogP contribution in [0.4, 0.5) is 0 Å². The third kappa shape index (κ3) is 4.16. The highest BCUT2D eigenvalue weighted by molar-refractivity contribution is 7.09. The molecular formula is C23H23N3O4S. The lowest BCUT2D eigenvalue weighted by Crippen LogP contribution is -2.50. The SMILES string of the molecule is Cc1nc(-c2ccc(CNC(=O)C(CC(C)C)N3C(=O)c4ccccc4C3=O)o2)cs1. The van der Waals surface area contributed by atoms with Crippen molar-refractivity contribution in [2.75, 3.05) is 0 Å². The summed E-state index contributed by atoms with van der Waals surface area (Å²) in [4.78, 5) is 44.3. The number of hydrogen-bond acceptors (Lipinski definition) is 6. The number of imide groups is 1. The molecule has 1 aliphatic heterocycles. The first-order valence-electron chi connectivity index (χ1n) is 10.1. The van der Waals surface area contributed by atoms with E-state index in [9.17, 15) is 14.4 Å². The van der Waals surface area contributed by atoms with Gasteiger partial charge in [0.15, 0.2) is 5.76 Å². The van der Waals surface area contributed by atoms with Gasteiger partial charge in [-0.25, -0.2) is 4.98 Å². The maximum absolute atomic E-state index is 13.1. The fourth-order valence-corrected chi connectivity index (χ4v) is 4.25. The fourth-order valence-electron chi connectivity index (χ4n) is 3.65. The van der Waals surface area contributed by atoms with E-state index in [2.05, 4.69) is 10.3 Å². The average molecular weight is 438 g/mol. The van der Waals surface area contributed by atoms with E-state index in [0.717, 1.165) is 15.6 Å². The van der Waals surface area contributed by atoms with E-state index in [1.165, 1.54) is 11.3 Å². The molecule has 1 aromatic carbocycles. The Labute approximate surface area is 184 Å². The van der Waals surface area contributed by atoms with Crippen molar-refractivity contribution in [2.45, 2.75) is 39.8 Å². The van der Waals surface area contributed by atoms with Crippen LogP contribution >= 0.6 is 11.3 Å². The number of aromatic nitrogens is 1. The minimum atomic E-state index is -0.886. The van der Waals surface area contributed by atoms with Gasteiger partial charge in [-0.3, -0.25) is 19.3 Å². The summed E-state index contributed by atoms with van der Waals surface area (Å²) in [6.07, 6.45) is 0.374. The Bertz CT molecular complexity index is 1110. The maximum atomic E-state index is 13.1. The molecule has 2 aromatic heterocycles. The van der Waals surface area contributed by atoms with Crippen LogP contribution < -0.4 is 5.32 Å². The van der Waals surface area contributed by atoms with Crippen molar-refractivity contribution >= 4 is 29.1 Å². The predicted octanol–water partition coefficient (Wildman–Crippen LogP) is 4.04. The second kappa shape index (κ2) is 8.47. The molecule has 0 saturated heterocycles. The lowest BCUT2D eigenvalue weighted by Gasteiger charge is -2.26. The van der Waals surface area contributed by atoms with E-state index in [4.69, 9.17) is 4.42 Å². The molecule has 1 aliphatic rings. The van der Waals surface area contributed by atoms with Crippen molar-refractivity contribution in [3.8, 4) is 11.5 Å². The summed E-state index contributed by atoms with van der Waals surface area (Å²) in [5, 5.41) is 5.68. The van der Waals surface area contributed by atoms with Crippen LogP contribution in [0.3, 0.4) is 0 Å². The molecule has 1 unspecified atom stereocenters. The van der Waals surface area contributed by atoms with Crippen LogP contribution in [-0.2, 0) is 11.3 Å². The van der Waals surface area contributed by atoms with Crippen LogP contribution in [0, 0.1) is 12.8 Å². The smallest absolute Gasteiger partial charge is 0.262 e. The predicted molar refractivity (Wildman–Crippen MR) is 117 cm³/mol. The minimum absolute atomic E-state index is 0.114. The third-order valence-corrected chi connectivity index (χ3v) is 5.88. The van der Waals surface area contributed by atoms with Crippen LogP contribution in [0.15, 0.2) is 46.2 Å². The van der Waals surface area contributed by atoms with E-state index in [1.54, 1.807) is 30.3 Å². The van der Waals surface area contributed by atoms with E-state index >= 15 is 0 Å². The number of thiazole rings is 1. The van der Waals surface area contributed by atoms with E-state index in [1.807, 2.05) is 32.2 Å². The fraction of sp³-hybridized carbons (Fsp3) is 0.304. The van der Waals surface area contributed by atoms with Gasteiger partial charge in [-0.2, -0.15) is 0 Å². The molecule has 31 heavy (non-hydrogen) atoms. The summed E-state index contributed by atoms with van der Waals surface area (Å²) in [5.41, 5.74) is 1.43. The topological polar surface area (TPSA) is 92.5 Å². The molecule has 8 heteroatoms. The van der Waals surface area contributed by atoms with Crippen LogP contribution in [0.1, 0.15) is 51.8 Å². The molecule has 0 bridgehead atoms. The van der Waals surface area contributed by atoms with Gasteiger partial charge in [0.05, 0.1) is 22.7 Å². The van der Waals surface area contributed by atoms with E-state index in [-0.39, 0.29) is 18.4 Å². The van der Waals surface area contributed by atoms with Crippen molar-refractivity contribution in [2.24, 2.45) is 5.92 Å².